The number of imidazole rings is 1. The molecule has 20 heavy (non-hydrogen) atoms. The molecule has 0 unspecified atom stereocenters. The largest absolute Gasteiger partial charge is 0.494 e. The zero-order chi connectivity index (χ0) is 13.9. The molecule has 0 bridgehead atoms. The van der Waals surface area contributed by atoms with Crippen LogP contribution in [0.2, 0.25) is 0 Å². The zero-order valence-electron chi connectivity index (χ0n) is 11.8. The highest BCUT2D eigenvalue weighted by molar-refractivity contribution is 7.17. The number of nitrogens with zero attached hydrogens (tertiary/aromatic N) is 2. The van der Waals surface area contributed by atoms with Gasteiger partial charge in [0.1, 0.15) is 5.75 Å². The molecule has 1 aromatic carbocycles. The van der Waals surface area contributed by atoms with Crippen molar-refractivity contribution >= 4 is 16.3 Å². The van der Waals surface area contributed by atoms with Crippen LogP contribution in [0, 0.1) is 0 Å². The van der Waals surface area contributed by atoms with Gasteiger partial charge in [-0.2, -0.15) is 0 Å². The van der Waals surface area contributed by atoms with Crippen molar-refractivity contribution in [3.63, 3.8) is 0 Å². The monoisotopic (exact) mass is 286 g/mol. The maximum Gasteiger partial charge on any atom is 0.194 e. The Morgan fingerprint density at radius 3 is 2.70 bits per heavy atom. The summed E-state index contributed by atoms with van der Waals surface area (Å²) in [7, 11) is 0. The summed E-state index contributed by atoms with van der Waals surface area (Å²) in [6.07, 6.45) is 5.94. The van der Waals surface area contributed by atoms with Gasteiger partial charge in [-0.3, -0.25) is 4.40 Å². The summed E-state index contributed by atoms with van der Waals surface area (Å²) in [6, 6.07) is 8.35. The lowest BCUT2D eigenvalue weighted by Gasteiger charge is -2.07. The molecule has 0 aliphatic heterocycles. The van der Waals surface area contributed by atoms with E-state index < -0.39 is 0 Å². The van der Waals surface area contributed by atoms with E-state index in [0.717, 1.165) is 30.2 Å². The molecule has 2 aromatic heterocycles. The minimum atomic E-state index is 0.768. The Hall–Kier alpha value is -1.81. The van der Waals surface area contributed by atoms with Crippen molar-refractivity contribution in [2.75, 3.05) is 6.61 Å². The molecule has 0 fully saturated rings. The van der Waals surface area contributed by atoms with Crippen molar-refractivity contribution in [3.05, 3.63) is 41.5 Å². The average molecular weight is 286 g/mol. The molecular formula is C16H18N2OS. The quantitative estimate of drug-likeness (QED) is 0.694. The molecule has 2 heterocycles. The van der Waals surface area contributed by atoms with Crippen LogP contribution in [0.1, 0.15) is 25.1 Å². The van der Waals surface area contributed by atoms with Gasteiger partial charge in [0.05, 0.1) is 12.3 Å². The highest BCUT2D eigenvalue weighted by atomic mass is 32.1. The Morgan fingerprint density at radius 2 is 2.00 bits per heavy atom. The Bertz CT molecular complexity index is 697. The lowest BCUT2D eigenvalue weighted by molar-refractivity contribution is 0.317. The second-order valence-electron chi connectivity index (χ2n) is 4.68. The highest BCUT2D eigenvalue weighted by Crippen LogP contribution is 2.32. The molecule has 0 atom stereocenters. The molecular weight excluding hydrogens is 268 g/mol. The first-order chi connectivity index (χ1) is 9.83. The van der Waals surface area contributed by atoms with Gasteiger partial charge in [-0.05, 0) is 42.7 Å². The van der Waals surface area contributed by atoms with Crippen LogP contribution < -0.4 is 4.74 Å². The molecule has 4 heteroatoms. The lowest BCUT2D eigenvalue weighted by Crippen LogP contribution is -1.95. The van der Waals surface area contributed by atoms with Gasteiger partial charge in [-0.15, -0.1) is 11.3 Å². The summed E-state index contributed by atoms with van der Waals surface area (Å²) < 4.78 is 7.81. The van der Waals surface area contributed by atoms with Gasteiger partial charge in [0.15, 0.2) is 4.96 Å². The van der Waals surface area contributed by atoms with Crippen LogP contribution >= 0.6 is 11.3 Å². The fourth-order valence-corrected chi connectivity index (χ4v) is 3.34. The molecule has 3 aromatic rings. The number of ether oxygens (including phenoxy) is 1. The maximum atomic E-state index is 5.64. The summed E-state index contributed by atoms with van der Waals surface area (Å²) in [4.78, 5) is 6.82. The third kappa shape index (κ3) is 2.31. The van der Waals surface area contributed by atoms with Crippen LogP contribution in [0.3, 0.4) is 0 Å². The van der Waals surface area contributed by atoms with E-state index in [1.165, 1.54) is 16.1 Å². The topological polar surface area (TPSA) is 26.5 Å². The van der Waals surface area contributed by atoms with Gasteiger partial charge >= 0.3 is 0 Å². The van der Waals surface area contributed by atoms with Crippen LogP contribution in [-0.2, 0) is 6.42 Å². The van der Waals surface area contributed by atoms with E-state index in [1.807, 2.05) is 24.5 Å². The number of benzene rings is 1. The van der Waals surface area contributed by atoms with Crippen molar-refractivity contribution < 1.29 is 4.74 Å². The normalized spacial score (nSPS) is 11.1. The number of hydrogen-bond donors (Lipinski definition) is 0. The highest BCUT2D eigenvalue weighted by Gasteiger charge is 2.13. The number of hydrogen-bond acceptors (Lipinski definition) is 3. The van der Waals surface area contributed by atoms with E-state index in [9.17, 15) is 0 Å². The van der Waals surface area contributed by atoms with Crippen molar-refractivity contribution in [2.24, 2.45) is 0 Å². The molecule has 0 saturated heterocycles. The molecule has 0 amide bonds. The van der Waals surface area contributed by atoms with Gasteiger partial charge in [-0.1, -0.05) is 13.8 Å². The van der Waals surface area contributed by atoms with Crippen LogP contribution in [0.25, 0.3) is 16.2 Å². The minimum absolute atomic E-state index is 0.768. The second kappa shape index (κ2) is 5.67. The fraction of sp³-hybridized carbons (Fsp3) is 0.312. The van der Waals surface area contributed by atoms with Crippen molar-refractivity contribution in [2.45, 2.75) is 26.7 Å². The third-order valence-electron chi connectivity index (χ3n) is 3.25. The van der Waals surface area contributed by atoms with Gasteiger partial charge in [0, 0.05) is 17.3 Å². The summed E-state index contributed by atoms with van der Waals surface area (Å²) in [5.74, 6) is 0.936. The third-order valence-corrected chi connectivity index (χ3v) is 4.46. The Morgan fingerprint density at radius 1 is 1.20 bits per heavy atom. The van der Waals surface area contributed by atoms with Gasteiger partial charge in [0.2, 0.25) is 0 Å². The minimum Gasteiger partial charge on any atom is -0.494 e. The van der Waals surface area contributed by atoms with Crippen molar-refractivity contribution in [1.82, 2.24) is 9.38 Å². The molecule has 0 N–H and O–H groups in total. The second-order valence-corrected chi connectivity index (χ2v) is 5.74. The van der Waals surface area contributed by atoms with E-state index in [1.54, 1.807) is 11.3 Å². The SMILES string of the molecule is CCCOc1ccc(-c2c(CC)sc3nccn23)cc1. The van der Waals surface area contributed by atoms with Crippen LogP contribution in [0.4, 0.5) is 0 Å². The maximum absolute atomic E-state index is 5.64. The molecule has 3 nitrogen and oxygen atoms in total. The summed E-state index contributed by atoms with van der Waals surface area (Å²) in [5.41, 5.74) is 2.47. The van der Waals surface area contributed by atoms with Crippen LogP contribution in [-0.4, -0.2) is 16.0 Å². The molecule has 0 radical (unpaired) electrons. The lowest BCUT2D eigenvalue weighted by atomic mass is 10.1. The van der Waals surface area contributed by atoms with Crippen LogP contribution in [0.5, 0.6) is 5.75 Å². The zero-order valence-corrected chi connectivity index (χ0v) is 12.6. The van der Waals surface area contributed by atoms with Gasteiger partial charge in [-0.25, -0.2) is 4.98 Å². The van der Waals surface area contributed by atoms with Crippen molar-refractivity contribution in [3.8, 4) is 17.0 Å². The molecule has 0 saturated carbocycles. The number of thiazole rings is 1. The number of rotatable bonds is 5. The predicted octanol–water partition coefficient (Wildman–Crippen LogP) is 4.41. The molecule has 0 aliphatic rings. The summed E-state index contributed by atoms with van der Waals surface area (Å²) >= 11 is 1.76. The molecule has 104 valence electrons. The number of aryl methyl sites for hydroxylation is 1. The first-order valence-electron chi connectivity index (χ1n) is 7.01. The molecule has 0 spiro atoms. The van der Waals surface area contributed by atoms with E-state index in [4.69, 9.17) is 4.74 Å². The van der Waals surface area contributed by atoms with Gasteiger partial charge in [0.25, 0.3) is 0 Å². The molecule has 3 rings (SSSR count). The predicted molar refractivity (Wildman–Crippen MR) is 83.7 cm³/mol. The van der Waals surface area contributed by atoms with Crippen LogP contribution in [0.15, 0.2) is 36.7 Å². The summed E-state index contributed by atoms with van der Waals surface area (Å²) in [5, 5.41) is 0. The fourth-order valence-electron chi connectivity index (χ4n) is 2.30. The van der Waals surface area contributed by atoms with E-state index in [2.05, 4.69) is 35.4 Å². The summed E-state index contributed by atoms with van der Waals surface area (Å²) in [6.45, 7) is 5.07. The van der Waals surface area contributed by atoms with Crippen molar-refractivity contribution in [1.29, 1.82) is 0 Å². The Kier molecular flexibility index (Phi) is 3.74. The standard InChI is InChI=1S/C16H18N2OS/c1-3-11-19-13-7-5-12(6-8-13)15-14(4-2)20-16-17-9-10-18(15)16/h5-10H,3-4,11H2,1-2H3. The average Bonchev–Trinajstić information content (AvgIpc) is 3.05. The Balaban J connectivity index is 1.99. The number of fused-ring (bicyclic) bond motifs is 1. The first kappa shape index (κ1) is 13.2. The van der Waals surface area contributed by atoms with Gasteiger partial charge < -0.3 is 4.74 Å². The first-order valence-corrected chi connectivity index (χ1v) is 7.83. The van der Waals surface area contributed by atoms with E-state index >= 15 is 0 Å². The Labute approximate surface area is 122 Å². The molecule has 0 aliphatic carbocycles. The number of aromatic nitrogens is 2. The smallest absolute Gasteiger partial charge is 0.194 e. The van der Waals surface area contributed by atoms with E-state index in [0.29, 0.717) is 0 Å². The van der Waals surface area contributed by atoms with E-state index in [-0.39, 0.29) is 0 Å².